The van der Waals surface area contributed by atoms with Gasteiger partial charge in [0.15, 0.2) is 6.61 Å². The van der Waals surface area contributed by atoms with Crippen molar-refractivity contribution in [2.75, 3.05) is 26.2 Å². The fraction of sp³-hybridized carbons (Fsp3) is 0.750. The summed E-state index contributed by atoms with van der Waals surface area (Å²) in [6.07, 6.45) is 5.26. The predicted molar refractivity (Wildman–Crippen MR) is 59.3 cm³/mol. The molecule has 1 fully saturated rings. The summed E-state index contributed by atoms with van der Waals surface area (Å²) >= 11 is 0. The van der Waals surface area contributed by atoms with Crippen LogP contribution in [0.4, 0.5) is 0 Å². The fourth-order valence-corrected chi connectivity index (χ4v) is 1.65. The molecule has 0 unspecified atom stereocenters. The van der Waals surface area contributed by atoms with E-state index in [0.717, 1.165) is 19.6 Å². The summed E-state index contributed by atoms with van der Waals surface area (Å²) in [6, 6.07) is 0. The van der Waals surface area contributed by atoms with Crippen molar-refractivity contribution in [1.82, 2.24) is 4.90 Å². The SMILES string of the molecule is CC(=O)OCC#CCN1CCCCCC1. The van der Waals surface area contributed by atoms with Gasteiger partial charge in [-0.05, 0) is 25.9 Å². The van der Waals surface area contributed by atoms with Crippen LogP contribution in [0.1, 0.15) is 32.6 Å². The Balaban J connectivity index is 2.13. The normalized spacial score (nSPS) is 17.4. The molecule has 0 spiro atoms. The smallest absolute Gasteiger partial charge is 0.303 e. The minimum Gasteiger partial charge on any atom is -0.453 e. The number of likely N-dealkylation sites (tertiary alicyclic amines) is 1. The molecular weight excluding hydrogens is 190 g/mol. The van der Waals surface area contributed by atoms with Crippen molar-refractivity contribution in [3.8, 4) is 11.8 Å². The number of rotatable bonds is 2. The predicted octanol–water partition coefficient (Wildman–Crippen LogP) is 1.43. The van der Waals surface area contributed by atoms with Gasteiger partial charge in [-0.1, -0.05) is 24.7 Å². The van der Waals surface area contributed by atoms with Gasteiger partial charge < -0.3 is 4.74 Å². The minimum atomic E-state index is -0.265. The average Bonchev–Trinajstić information content (AvgIpc) is 2.45. The molecule has 3 heteroatoms. The van der Waals surface area contributed by atoms with Crippen molar-refractivity contribution < 1.29 is 9.53 Å². The monoisotopic (exact) mass is 209 g/mol. The molecule has 84 valence electrons. The molecule has 1 saturated heterocycles. The van der Waals surface area contributed by atoms with E-state index in [9.17, 15) is 4.79 Å². The van der Waals surface area contributed by atoms with Crippen LogP contribution in [0.5, 0.6) is 0 Å². The molecule has 0 aromatic carbocycles. The van der Waals surface area contributed by atoms with Crippen molar-refractivity contribution in [2.24, 2.45) is 0 Å². The van der Waals surface area contributed by atoms with Crippen LogP contribution in [0.25, 0.3) is 0 Å². The number of hydrogen-bond acceptors (Lipinski definition) is 3. The number of hydrogen-bond donors (Lipinski definition) is 0. The zero-order valence-electron chi connectivity index (χ0n) is 9.42. The van der Waals surface area contributed by atoms with Crippen molar-refractivity contribution in [3.63, 3.8) is 0 Å². The van der Waals surface area contributed by atoms with Crippen LogP contribution in [0.3, 0.4) is 0 Å². The maximum atomic E-state index is 10.5. The van der Waals surface area contributed by atoms with E-state index in [-0.39, 0.29) is 12.6 Å². The number of nitrogens with zero attached hydrogens (tertiary/aromatic N) is 1. The lowest BCUT2D eigenvalue weighted by atomic mass is 10.2. The van der Waals surface area contributed by atoms with Gasteiger partial charge >= 0.3 is 5.97 Å². The molecule has 0 aromatic heterocycles. The summed E-state index contributed by atoms with van der Waals surface area (Å²) in [5.41, 5.74) is 0. The van der Waals surface area contributed by atoms with Crippen LogP contribution >= 0.6 is 0 Å². The van der Waals surface area contributed by atoms with Crippen LogP contribution in [-0.2, 0) is 9.53 Å². The second-order valence-electron chi connectivity index (χ2n) is 3.82. The molecule has 1 rings (SSSR count). The topological polar surface area (TPSA) is 29.5 Å². The van der Waals surface area contributed by atoms with Gasteiger partial charge in [0.1, 0.15) is 0 Å². The quantitative estimate of drug-likeness (QED) is 0.509. The highest BCUT2D eigenvalue weighted by molar-refractivity contribution is 5.66. The third-order valence-corrected chi connectivity index (χ3v) is 2.47. The maximum Gasteiger partial charge on any atom is 0.303 e. The second-order valence-corrected chi connectivity index (χ2v) is 3.82. The van der Waals surface area contributed by atoms with E-state index in [1.807, 2.05) is 0 Å². The van der Waals surface area contributed by atoms with Crippen molar-refractivity contribution >= 4 is 5.97 Å². The molecule has 3 nitrogen and oxygen atoms in total. The summed E-state index contributed by atoms with van der Waals surface area (Å²) < 4.78 is 4.72. The standard InChI is InChI=1S/C12H19NO2/c1-12(14)15-11-7-6-10-13-8-4-2-3-5-9-13/h2-5,8-11H2,1H3. The Bertz CT molecular complexity index is 244. The van der Waals surface area contributed by atoms with E-state index in [1.54, 1.807) is 0 Å². The van der Waals surface area contributed by atoms with Gasteiger partial charge in [-0.3, -0.25) is 9.69 Å². The van der Waals surface area contributed by atoms with Gasteiger partial charge in [0.05, 0.1) is 6.54 Å². The van der Waals surface area contributed by atoms with Gasteiger partial charge in [-0.15, -0.1) is 0 Å². The molecule has 0 saturated carbocycles. The largest absolute Gasteiger partial charge is 0.453 e. The molecule has 15 heavy (non-hydrogen) atoms. The summed E-state index contributed by atoms with van der Waals surface area (Å²) in [5, 5.41) is 0. The molecule has 0 aromatic rings. The van der Waals surface area contributed by atoms with Crippen molar-refractivity contribution in [2.45, 2.75) is 32.6 Å². The Morgan fingerprint density at radius 3 is 2.47 bits per heavy atom. The van der Waals surface area contributed by atoms with Gasteiger partial charge in [0.25, 0.3) is 0 Å². The Kier molecular flexibility index (Phi) is 5.87. The summed E-state index contributed by atoms with van der Waals surface area (Å²) in [6.45, 7) is 4.74. The van der Waals surface area contributed by atoms with E-state index >= 15 is 0 Å². The number of carbonyl (C=O) groups excluding carboxylic acids is 1. The summed E-state index contributed by atoms with van der Waals surface area (Å²) in [4.78, 5) is 12.8. The molecule has 0 amide bonds. The van der Waals surface area contributed by atoms with Gasteiger partial charge in [-0.25, -0.2) is 0 Å². The third kappa shape index (κ3) is 6.14. The van der Waals surface area contributed by atoms with E-state index in [2.05, 4.69) is 16.7 Å². The first-order valence-corrected chi connectivity index (χ1v) is 5.60. The Morgan fingerprint density at radius 1 is 1.20 bits per heavy atom. The van der Waals surface area contributed by atoms with Gasteiger partial charge in [0, 0.05) is 6.92 Å². The van der Waals surface area contributed by atoms with Crippen LogP contribution in [0, 0.1) is 11.8 Å². The molecule has 0 bridgehead atoms. The highest BCUT2D eigenvalue weighted by atomic mass is 16.5. The van der Waals surface area contributed by atoms with Crippen molar-refractivity contribution in [1.29, 1.82) is 0 Å². The van der Waals surface area contributed by atoms with Crippen LogP contribution in [0.15, 0.2) is 0 Å². The van der Waals surface area contributed by atoms with E-state index in [4.69, 9.17) is 4.74 Å². The van der Waals surface area contributed by atoms with Crippen LogP contribution in [0.2, 0.25) is 0 Å². The maximum absolute atomic E-state index is 10.5. The lowest BCUT2D eigenvalue weighted by Crippen LogP contribution is -2.24. The van der Waals surface area contributed by atoms with E-state index < -0.39 is 0 Å². The highest BCUT2D eigenvalue weighted by Gasteiger charge is 2.06. The van der Waals surface area contributed by atoms with Crippen molar-refractivity contribution in [3.05, 3.63) is 0 Å². The Hall–Kier alpha value is -1.01. The average molecular weight is 209 g/mol. The van der Waals surface area contributed by atoms with Crippen LogP contribution < -0.4 is 0 Å². The van der Waals surface area contributed by atoms with E-state index in [1.165, 1.54) is 32.6 Å². The van der Waals surface area contributed by atoms with E-state index in [0.29, 0.717) is 0 Å². The number of carbonyl (C=O) groups is 1. The summed E-state index contributed by atoms with van der Waals surface area (Å²) in [5.74, 6) is 5.62. The first-order chi connectivity index (χ1) is 7.29. The number of esters is 1. The lowest BCUT2D eigenvalue weighted by Gasteiger charge is -2.15. The van der Waals surface area contributed by atoms with Gasteiger partial charge in [-0.2, -0.15) is 0 Å². The molecular formula is C12H19NO2. The molecule has 0 radical (unpaired) electrons. The third-order valence-electron chi connectivity index (χ3n) is 2.47. The molecule has 0 N–H and O–H groups in total. The first kappa shape index (κ1) is 12.1. The zero-order valence-corrected chi connectivity index (χ0v) is 9.42. The molecule has 1 aliphatic rings. The zero-order chi connectivity index (χ0) is 10.9. The highest BCUT2D eigenvalue weighted by Crippen LogP contribution is 2.08. The first-order valence-electron chi connectivity index (χ1n) is 5.60. The molecule has 1 heterocycles. The van der Waals surface area contributed by atoms with Gasteiger partial charge in [0.2, 0.25) is 0 Å². The number of ether oxygens (including phenoxy) is 1. The minimum absolute atomic E-state index is 0.225. The van der Waals surface area contributed by atoms with Crippen LogP contribution in [-0.4, -0.2) is 37.1 Å². The Morgan fingerprint density at radius 2 is 1.87 bits per heavy atom. The second kappa shape index (κ2) is 7.30. The Labute approximate surface area is 91.8 Å². The molecule has 0 aliphatic carbocycles. The lowest BCUT2D eigenvalue weighted by molar-refractivity contribution is -0.139. The fourth-order valence-electron chi connectivity index (χ4n) is 1.65. The summed E-state index contributed by atoms with van der Waals surface area (Å²) in [7, 11) is 0. The molecule has 0 atom stereocenters. The molecule has 1 aliphatic heterocycles.